The molecule has 1 aromatic carbocycles. The Morgan fingerprint density at radius 1 is 1.33 bits per heavy atom. The van der Waals surface area contributed by atoms with Crippen molar-refractivity contribution >= 4 is 29.0 Å². The SMILES string of the molecule is Cc1c(N)n[nH]c1-c1cccc(Cl)c1Cl. The maximum absolute atomic E-state index is 6.09. The minimum atomic E-state index is 0.473. The Kier molecular flexibility index (Phi) is 2.59. The maximum atomic E-state index is 6.09. The van der Waals surface area contributed by atoms with Gasteiger partial charge in [0.25, 0.3) is 0 Å². The topological polar surface area (TPSA) is 54.7 Å². The minimum Gasteiger partial charge on any atom is -0.382 e. The largest absolute Gasteiger partial charge is 0.382 e. The second-order valence-electron chi connectivity index (χ2n) is 3.21. The van der Waals surface area contributed by atoms with E-state index in [2.05, 4.69) is 10.2 Å². The fraction of sp³-hybridized carbons (Fsp3) is 0.100. The summed E-state index contributed by atoms with van der Waals surface area (Å²) in [5.41, 5.74) is 8.14. The molecule has 15 heavy (non-hydrogen) atoms. The number of aromatic nitrogens is 2. The molecule has 2 rings (SSSR count). The number of rotatable bonds is 1. The van der Waals surface area contributed by atoms with Gasteiger partial charge in [-0.3, -0.25) is 5.10 Å². The van der Waals surface area contributed by atoms with Crippen LogP contribution in [0.2, 0.25) is 10.0 Å². The van der Waals surface area contributed by atoms with E-state index >= 15 is 0 Å². The molecule has 0 atom stereocenters. The van der Waals surface area contributed by atoms with E-state index < -0.39 is 0 Å². The van der Waals surface area contributed by atoms with E-state index in [1.807, 2.05) is 19.1 Å². The summed E-state index contributed by atoms with van der Waals surface area (Å²) >= 11 is 12.0. The van der Waals surface area contributed by atoms with Gasteiger partial charge in [-0.05, 0) is 13.0 Å². The van der Waals surface area contributed by atoms with Crippen LogP contribution in [0.15, 0.2) is 18.2 Å². The first-order chi connectivity index (χ1) is 7.11. The first kappa shape index (κ1) is 10.3. The number of nitrogens with one attached hydrogen (secondary N) is 1. The van der Waals surface area contributed by atoms with E-state index in [0.29, 0.717) is 15.9 Å². The van der Waals surface area contributed by atoms with Gasteiger partial charge in [0.2, 0.25) is 0 Å². The fourth-order valence-corrected chi connectivity index (χ4v) is 1.77. The molecule has 0 aliphatic heterocycles. The molecule has 0 radical (unpaired) electrons. The highest BCUT2D eigenvalue weighted by Gasteiger charge is 2.12. The van der Waals surface area contributed by atoms with Crippen molar-refractivity contribution in [3.05, 3.63) is 33.8 Å². The molecule has 0 saturated carbocycles. The lowest BCUT2D eigenvalue weighted by Gasteiger charge is -2.04. The number of nitrogens with zero attached hydrogens (tertiary/aromatic N) is 1. The Labute approximate surface area is 97.2 Å². The Hall–Kier alpha value is -1.19. The van der Waals surface area contributed by atoms with Crippen LogP contribution in [0.3, 0.4) is 0 Å². The zero-order valence-corrected chi connectivity index (χ0v) is 9.52. The molecule has 3 N–H and O–H groups in total. The summed E-state index contributed by atoms with van der Waals surface area (Å²) in [6.45, 7) is 1.88. The number of nitrogens with two attached hydrogens (primary N) is 1. The Bertz CT molecular complexity index is 505. The molecule has 0 amide bonds. The monoisotopic (exact) mass is 241 g/mol. The summed E-state index contributed by atoms with van der Waals surface area (Å²) in [5.74, 6) is 0.473. The molecule has 3 nitrogen and oxygen atoms in total. The first-order valence-electron chi connectivity index (χ1n) is 4.36. The van der Waals surface area contributed by atoms with E-state index in [-0.39, 0.29) is 0 Å². The number of aromatic amines is 1. The quantitative estimate of drug-likeness (QED) is 0.806. The summed E-state index contributed by atoms with van der Waals surface area (Å²) in [5, 5.41) is 7.78. The summed E-state index contributed by atoms with van der Waals surface area (Å²) in [6, 6.07) is 5.44. The molecule has 1 aromatic heterocycles. The second-order valence-corrected chi connectivity index (χ2v) is 4.00. The third kappa shape index (κ3) is 1.68. The predicted molar refractivity (Wildman–Crippen MR) is 63.2 cm³/mol. The molecule has 2 aromatic rings. The van der Waals surface area contributed by atoms with Gasteiger partial charge in [0.15, 0.2) is 0 Å². The Morgan fingerprint density at radius 2 is 2.07 bits per heavy atom. The normalized spacial score (nSPS) is 10.6. The number of nitrogen functional groups attached to an aromatic ring is 1. The van der Waals surface area contributed by atoms with Crippen molar-refractivity contribution in [1.29, 1.82) is 0 Å². The van der Waals surface area contributed by atoms with Gasteiger partial charge < -0.3 is 5.73 Å². The maximum Gasteiger partial charge on any atom is 0.148 e. The predicted octanol–water partition coefficient (Wildman–Crippen LogP) is 3.27. The number of halogens is 2. The van der Waals surface area contributed by atoms with Crippen LogP contribution in [0.5, 0.6) is 0 Å². The average molecular weight is 242 g/mol. The number of hydrogen-bond donors (Lipinski definition) is 2. The van der Waals surface area contributed by atoms with E-state index in [0.717, 1.165) is 16.8 Å². The molecule has 0 aliphatic carbocycles. The number of benzene rings is 1. The van der Waals surface area contributed by atoms with Crippen molar-refractivity contribution in [2.75, 3.05) is 5.73 Å². The van der Waals surface area contributed by atoms with Crippen LogP contribution in [0, 0.1) is 6.92 Å². The summed E-state index contributed by atoms with van der Waals surface area (Å²) in [7, 11) is 0. The van der Waals surface area contributed by atoms with Gasteiger partial charge in [0.1, 0.15) is 5.82 Å². The zero-order valence-electron chi connectivity index (χ0n) is 8.01. The van der Waals surface area contributed by atoms with Crippen LogP contribution < -0.4 is 5.73 Å². The first-order valence-corrected chi connectivity index (χ1v) is 5.11. The van der Waals surface area contributed by atoms with Crippen molar-refractivity contribution in [3.8, 4) is 11.3 Å². The van der Waals surface area contributed by atoms with Gasteiger partial charge in [0.05, 0.1) is 15.7 Å². The molecule has 0 fully saturated rings. The highest BCUT2D eigenvalue weighted by Crippen LogP contribution is 2.34. The number of anilines is 1. The van der Waals surface area contributed by atoms with Crippen LogP contribution in [-0.2, 0) is 0 Å². The molecule has 0 saturated heterocycles. The van der Waals surface area contributed by atoms with Gasteiger partial charge in [0, 0.05) is 11.1 Å². The van der Waals surface area contributed by atoms with E-state index in [4.69, 9.17) is 28.9 Å². The van der Waals surface area contributed by atoms with E-state index in [1.165, 1.54) is 0 Å². The summed E-state index contributed by atoms with van der Waals surface area (Å²) in [4.78, 5) is 0. The lowest BCUT2D eigenvalue weighted by Crippen LogP contribution is -1.87. The highest BCUT2D eigenvalue weighted by molar-refractivity contribution is 6.43. The smallest absolute Gasteiger partial charge is 0.148 e. The average Bonchev–Trinajstić information content (AvgIpc) is 2.53. The summed E-state index contributed by atoms with van der Waals surface area (Å²) < 4.78 is 0. The third-order valence-corrected chi connectivity index (χ3v) is 3.09. The van der Waals surface area contributed by atoms with Crippen molar-refractivity contribution in [3.63, 3.8) is 0 Å². The number of H-pyrrole nitrogens is 1. The van der Waals surface area contributed by atoms with Crippen LogP contribution in [-0.4, -0.2) is 10.2 Å². The van der Waals surface area contributed by atoms with Crippen LogP contribution in [0.4, 0.5) is 5.82 Å². The molecular weight excluding hydrogens is 233 g/mol. The van der Waals surface area contributed by atoms with Crippen molar-refractivity contribution in [2.45, 2.75) is 6.92 Å². The Morgan fingerprint density at radius 3 is 2.67 bits per heavy atom. The molecule has 1 heterocycles. The van der Waals surface area contributed by atoms with Crippen molar-refractivity contribution < 1.29 is 0 Å². The lowest BCUT2D eigenvalue weighted by atomic mass is 10.1. The second kappa shape index (κ2) is 3.76. The lowest BCUT2D eigenvalue weighted by molar-refractivity contribution is 1.10. The third-order valence-electron chi connectivity index (χ3n) is 2.27. The van der Waals surface area contributed by atoms with Gasteiger partial charge in [-0.15, -0.1) is 0 Å². The standard InChI is InChI=1S/C10H9Cl2N3/c1-5-9(14-15-10(5)13)6-3-2-4-7(11)8(6)12/h2-4H,1H3,(H3,13,14,15). The zero-order chi connectivity index (χ0) is 11.0. The van der Waals surface area contributed by atoms with Crippen molar-refractivity contribution in [2.24, 2.45) is 0 Å². The number of hydrogen-bond acceptors (Lipinski definition) is 2. The molecule has 0 spiro atoms. The summed E-state index contributed by atoms with van der Waals surface area (Å²) in [6.07, 6.45) is 0. The van der Waals surface area contributed by atoms with Gasteiger partial charge in [-0.25, -0.2) is 0 Å². The minimum absolute atomic E-state index is 0.473. The van der Waals surface area contributed by atoms with Gasteiger partial charge >= 0.3 is 0 Å². The van der Waals surface area contributed by atoms with E-state index in [9.17, 15) is 0 Å². The molecule has 78 valence electrons. The molecule has 0 unspecified atom stereocenters. The van der Waals surface area contributed by atoms with Gasteiger partial charge in [-0.2, -0.15) is 5.10 Å². The van der Waals surface area contributed by atoms with Crippen LogP contribution >= 0.6 is 23.2 Å². The molecule has 5 heteroatoms. The highest BCUT2D eigenvalue weighted by atomic mass is 35.5. The van der Waals surface area contributed by atoms with E-state index in [1.54, 1.807) is 6.07 Å². The molecule has 0 aliphatic rings. The Balaban J connectivity index is 2.64. The van der Waals surface area contributed by atoms with Crippen LogP contribution in [0.1, 0.15) is 5.56 Å². The molecule has 0 bridgehead atoms. The fourth-order valence-electron chi connectivity index (χ4n) is 1.37. The van der Waals surface area contributed by atoms with Crippen molar-refractivity contribution in [1.82, 2.24) is 10.2 Å². The molecular formula is C10H9Cl2N3. The van der Waals surface area contributed by atoms with Gasteiger partial charge in [-0.1, -0.05) is 35.3 Å². The van der Waals surface area contributed by atoms with Crippen LogP contribution in [0.25, 0.3) is 11.3 Å².